The molecule has 3 fully saturated rings. The predicted octanol–water partition coefficient (Wildman–Crippen LogP) is 5.11. The number of amides is 2. The molecule has 10 nitrogen and oxygen atoms in total. The van der Waals surface area contributed by atoms with Crippen molar-refractivity contribution in [3.8, 4) is 5.75 Å². The molecule has 13 heteroatoms. The lowest BCUT2D eigenvalue weighted by Crippen LogP contribution is -2.52. The monoisotopic (exact) mass is 619 g/mol. The second kappa shape index (κ2) is 11.7. The molecule has 2 aromatic rings. The fourth-order valence-corrected chi connectivity index (χ4v) is 7.31. The standard InChI is InChI=1S/C30H36ClF2N5O5/c1-30(29(41)42)12-3-2-5-19(30)28(40)37-14-11-18-20(31)9-10-23(25(18)22(37)15-36-13-4-6-24(36)39)43-16-21-26(27(32)33)38(35-34-21)17-7-8-17/h9-10,17,19,22,27H,2-8,11-16H2,1H3,(H,41,42)/t19?,22-,30-/m1/s1. The van der Waals surface area contributed by atoms with Crippen LogP contribution < -0.4 is 4.74 Å². The molecule has 1 N–H and O–H groups in total. The van der Waals surface area contributed by atoms with Gasteiger partial charge in [-0.25, -0.2) is 13.5 Å². The SMILES string of the molecule is C[C@@]1(C(=O)O)CCCCC1C(=O)N1CCc2c(Cl)ccc(OCc3nnn(C4CC4)c3C(F)F)c2[C@H]1CN1CCCC1=O. The number of nitrogens with zero attached hydrogens (tertiary/aromatic N) is 5. The van der Waals surface area contributed by atoms with E-state index in [4.69, 9.17) is 16.3 Å². The van der Waals surface area contributed by atoms with Crippen LogP contribution in [0.2, 0.25) is 5.02 Å². The first-order valence-corrected chi connectivity index (χ1v) is 15.5. The predicted molar refractivity (Wildman–Crippen MR) is 151 cm³/mol. The second-order valence-corrected chi connectivity index (χ2v) is 12.8. The largest absolute Gasteiger partial charge is 0.487 e. The molecule has 2 aliphatic heterocycles. The van der Waals surface area contributed by atoms with Crippen molar-refractivity contribution in [3.05, 3.63) is 39.7 Å². The van der Waals surface area contributed by atoms with Crippen LogP contribution in [0.5, 0.6) is 5.75 Å². The van der Waals surface area contributed by atoms with Gasteiger partial charge in [-0.3, -0.25) is 14.4 Å². The summed E-state index contributed by atoms with van der Waals surface area (Å²) in [7, 11) is 0. The smallest absolute Gasteiger partial charge is 0.310 e. The van der Waals surface area contributed by atoms with E-state index in [2.05, 4.69) is 10.3 Å². The number of aliphatic carboxylic acids is 1. The maximum Gasteiger partial charge on any atom is 0.310 e. The van der Waals surface area contributed by atoms with E-state index in [1.54, 1.807) is 28.9 Å². The Labute approximate surface area is 253 Å². The third-order valence-corrected chi connectivity index (χ3v) is 10.0. The summed E-state index contributed by atoms with van der Waals surface area (Å²) in [5, 5.41) is 18.6. The summed E-state index contributed by atoms with van der Waals surface area (Å²) in [4.78, 5) is 42.9. The number of hydrogen-bond donors (Lipinski definition) is 1. The van der Waals surface area contributed by atoms with E-state index in [0.29, 0.717) is 61.5 Å². The van der Waals surface area contributed by atoms with Crippen LogP contribution in [0.3, 0.4) is 0 Å². The highest BCUT2D eigenvalue weighted by Crippen LogP contribution is 2.47. The van der Waals surface area contributed by atoms with Crippen LogP contribution in [0.15, 0.2) is 12.1 Å². The number of hydrogen-bond acceptors (Lipinski definition) is 6. The zero-order valence-electron chi connectivity index (χ0n) is 24.1. The fraction of sp³-hybridized carbons (Fsp3) is 0.633. The lowest BCUT2D eigenvalue weighted by atomic mass is 9.66. The van der Waals surface area contributed by atoms with Crippen molar-refractivity contribution in [2.75, 3.05) is 19.6 Å². The fourth-order valence-electron chi connectivity index (χ4n) is 7.05. The number of carboxylic acids is 1. The lowest BCUT2D eigenvalue weighted by Gasteiger charge is -2.45. The zero-order chi connectivity index (χ0) is 30.5. The molecule has 2 amide bonds. The van der Waals surface area contributed by atoms with Crippen molar-refractivity contribution < 1.29 is 33.0 Å². The number of benzene rings is 1. The third kappa shape index (κ3) is 5.47. The van der Waals surface area contributed by atoms with E-state index in [0.717, 1.165) is 31.2 Å². The summed E-state index contributed by atoms with van der Waals surface area (Å²) in [6.45, 7) is 2.43. The molecule has 4 aliphatic rings. The molecule has 1 saturated heterocycles. The molecule has 1 aromatic carbocycles. The Bertz CT molecular complexity index is 1430. The Hall–Kier alpha value is -3.28. The van der Waals surface area contributed by atoms with Gasteiger partial charge in [-0.2, -0.15) is 0 Å². The number of fused-ring (bicyclic) bond motifs is 1. The maximum atomic E-state index is 14.3. The van der Waals surface area contributed by atoms with E-state index < -0.39 is 29.8 Å². The van der Waals surface area contributed by atoms with Crippen LogP contribution in [-0.4, -0.2) is 67.3 Å². The average molecular weight is 620 g/mol. The van der Waals surface area contributed by atoms with E-state index in [9.17, 15) is 28.3 Å². The molecule has 3 heterocycles. The van der Waals surface area contributed by atoms with Gasteiger partial charge in [-0.15, -0.1) is 5.10 Å². The highest BCUT2D eigenvalue weighted by atomic mass is 35.5. The van der Waals surface area contributed by atoms with Crippen molar-refractivity contribution in [1.82, 2.24) is 24.8 Å². The maximum absolute atomic E-state index is 14.3. The number of aromatic nitrogens is 3. The molecule has 1 aromatic heterocycles. The number of alkyl halides is 2. The zero-order valence-corrected chi connectivity index (χ0v) is 24.9. The molecular formula is C30H36ClF2N5O5. The lowest BCUT2D eigenvalue weighted by molar-refractivity contribution is -0.162. The van der Waals surface area contributed by atoms with Crippen molar-refractivity contribution in [2.24, 2.45) is 11.3 Å². The summed E-state index contributed by atoms with van der Waals surface area (Å²) >= 11 is 6.67. The van der Waals surface area contributed by atoms with E-state index >= 15 is 0 Å². The van der Waals surface area contributed by atoms with Crippen LogP contribution in [0.4, 0.5) is 8.78 Å². The number of likely N-dealkylation sites (tertiary alicyclic amines) is 1. The third-order valence-electron chi connectivity index (χ3n) is 9.68. The molecule has 43 heavy (non-hydrogen) atoms. The van der Waals surface area contributed by atoms with Gasteiger partial charge < -0.3 is 19.6 Å². The summed E-state index contributed by atoms with van der Waals surface area (Å²) in [6, 6.07) is 2.61. The minimum atomic E-state index is -2.77. The molecule has 3 atom stereocenters. The van der Waals surface area contributed by atoms with Crippen LogP contribution in [0.1, 0.15) is 99.3 Å². The number of ether oxygens (including phenoxy) is 1. The van der Waals surface area contributed by atoms with Crippen molar-refractivity contribution in [3.63, 3.8) is 0 Å². The van der Waals surface area contributed by atoms with Crippen LogP contribution >= 0.6 is 11.6 Å². The molecule has 0 bridgehead atoms. The Kier molecular flexibility index (Phi) is 8.08. The Balaban J connectivity index is 1.36. The summed E-state index contributed by atoms with van der Waals surface area (Å²) in [5.74, 6) is -1.62. The van der Waals surface area contributed by atoms with Gasteiger partial charge in [-0.1, -0.05) is 29.7 Å². The van der Waals surface area contributed by atoms with Gasteiger partial charge in [0.15, 0.2) is 0 Å². The van der Waals surface area contributed by atoms with Gasteiger partial charge >= 0.3 is 5.97 Å². The molecule has 6 rings (SSSR count). The normalized spacial score (nSPS) is 25.7. The summed E-state index contributed by atoms with van der Waals surface area (Å²) in [5.41, 5.74) is -0.0317. The highest BCUT2D eigenvalue weighted by Gasteiger charge is 2.50. The van der Waals surface area contributed by atoms with Gasteiger partial charge in [0.05, 0.1) is 23.4 Å². The van der Waals surface area contributed by atoms with Crippen molar-refractivity contribution in [2.45, 2.75) is 89.8 Å². The first-order chi connectivity index (χ1) is 20.6. The molecular weight excluding hydrogens is 584 g/mol. The molecule has 2 aliphatic carbocycles. The quantitative estimate of drug-likeness (QED) is 0.414. The number of carbonyl (C=O) groups excluding carboxylic acids is 2. The molecule has 0 radical (unpaired) electrons. The van der Waals surface area contributed by atoms with Crippen LogP contribution in [0.25, 0.3) is 0 Å². The Morgan fingerprint density at radius 3 is 2.63 bits per heavy atom. The topological polar surface area (TPSA) is 118 Å². The Morgan fingerprint density at radius 2 is 1.95 bits per heavy atom. The van der Waals surface area contributed by atoms with Gasteiger partial charge in [0, 0.05) is 36.6 Å². The summed E-state index contributed by atoms with van der Waals surface area (Å²) in [6.07, 6.45) is 2.67. The van der Waals surface area contributed by atoms with Gasteiger partial charge in [0.25, 0.3) is 6.43 Å². The van der Waals surface area contributed by atoms with Gasteiger partial charge in [-0.05, 0) is 63.1 Å². The minimum Gasteiger partial charge on any atom is -0.487 e. The average Bonchev–Trinajstić information content (AvgIpc) is 3.61. The number of carboxylic acid groups (broad SMARTS) is 1. The molecule has 0 spiro atoms. The van der Waals surface area contributed by atoms with E-state index in [1.165, 1.54) is 4.68 Å². The first kappa shape index (κ1) is 29.8. The van der Waals surface area contributed by atoms with E-state index in [1.807, 2.05) is 0 Å². The second-order valence-electron chi connectivity index (χ2n) is 12.4. The van der Waals surface area contributed by atoms with Gasteiger partial charge in [0.2, 0.25) is 11.8 Å². The summed E-state index contributed by atoms with van der Waals surface area (Å²) < 4.78 is 35.5. The number of rotatable bonds is 9. The molecule has 232 valence electrons. The molecule has 1 unspecified atom stereocenters. The molecule has 2 saturated carbocycles. The number of halogens is 3. The van der Waals surface area contributed by atoms with Crippen molar-refractivity contribution >= 4 is 29.4 Å². The van der Waals surface area contributed by atoms with Crippen LogP contribution in [0, 0.1) is 11.3 Å². The first-order valence-electron chi connectivity index (χ1n) is 15.1. The Morgan fingerprint density at radius 1 is 1.16 bits per heavy atom. The van der Waals surface area contributed by atoms with Crippen LogP contribution in [-0.2, 0) is 27.4 Å². The minimum absolute atomic E-state index is 0.0182. The van der Waals surface area contributed by atoms with Crippen molar-refractivity contribution in [1.29, 1.82) is 0 Å². The number of carbonyl (C=O) groups is 3. The highest BCUT2D eigenvalue weighted by molar-refractivity contribution is 6.31. The van der Waals surface area contributed by atoms with Gasteiger partial charge in [0.1, 0.15) is 23.7 Å². The van der Waals surface area contributed by atoms with E-state index in [-0.39, 0.29) is 42.4 Å².